The van der Waals surface area contributed by atoms with E-state index < -0.39 is 0 Å². The summed E-state index contributed by atoms with van der Waals surface area (Å²) in [5, 5.41) is 0. The average molecular weight is 284 g/mol. The summed E-state index contributed by atoms with van der Waals surface area (Å²) in [4.78, 5) is 19.2. The summed E-state index contributed by atoms with van der Waals surface area (Å²) in [6.07, 6.45) is 0.881. The van der Waals surface area contributed by atoms with Gasteiger partial charge in [0.2, 0.25) is 5.76 Å². The number of hydrogen-bond donors (Lipinski definition) is 0. The van der Waals surface area contributed by atoms with Gasteiger partial charge in [-0.25, -0.2) is 4.98 Å². The van der Waals surface area contributed by atoms with Crippen molar-refractivity contribution < 1.29 is 9.21 Å². The van der Waals surface area contributed by atoms with Gasteiger partial charge in [0.25, 0.3) is 5.91 Å². The summed E-state index contributed by atoms with van der Waals surface area (Å²) in [5.41, 5.74) is 2.94. The van der Waals surface area contributed by atoms with Crippen molar-refractivity contribution in [2.45, 2.75) is 46.1 Å². The lowest BCUT2D eigenvalue weighted by atomic mass is 10.1. The van der Waals surface area contributed by atoms with E-state index in [1.165, 1.54) is 5.56 Å². The van der Waals surface area contributed by atoms with Gasteiger partial charge in [-0.2, -0.15) is 0 Å². The molecule has 0 bridgehead atoms. The molecule has 4 nitrogen and oxygen atoms in total. The number of aryl methyl sites for hydroxylation is 1. The van der Waals surface area contributed by atoms with Crippen LogP contribution < -0.4 is 4.90 Å². The molecule has 1 aromatic carbocycles. The fourth-order valence-electron chi connectivity index (χ4n) is 2.97. The fourth-order valence-corrected chi connectivity index (χ4v) is 2.97. The van der Waals surface area contributed by atoms with Gasteiger partial charge in [0.1, 0.15) is 0 Å². The Morgan fingerprint density at radius 3 is 2.81 bits per heavy atom. The molecule has 2 aromatic rings. The Hall–Kier alpha value is -2.10. The number of nitrogens with zero attached hydrogens (tertiary/aromatic N) is 2. The van der Waals surface area contributed by atoms with Gasteiger partial charge in [0.05, 0.1) is 5.69 Å². The molecule has 1 aliphatic rings. The number of fused-ring (bicyclic) bond motifs is 1. The molecule has 1 unspecified atom stereocenters. The first-order chi connectivity index (χ1) is 9.99. The first-order valence-corrected chi connectivity index (χ1v) is 7.37. The summed E-state index contributed by atoms with van der Waals surface area (Å²) < 4.78 is 5.61. The number of para-hydroxylation sites is 1. The number of carbonyl (C=O) groups excluding carboxylic acids is 1. The smallest absolute Gasteiger partial charge is 0.296 e. The van der Waals surface area contributed by atoms with Crippen LogP contribution in [0, 0.1) is 6.92 Å². The quantitative estimate of drug-likeness (QED) is 0.844. The van der Waals surface area contributed by atoms with Crippen molar-refractivity contribution in [1.29, 1.82) is 0 Å². The Morgan fingerprint density at radius 2 is 2.10 bits per heavy atom. The highest BCUT2D eigenvalue weighted by molar-refractivity contribution is 6.06. The van der Waals surface area contributed by atoms with Gasteiger partial charge in [-0.1, -0.05) is 32.0 Å². The zero-order chi connectivity index (χ0) is 15.1. The number of oxazole rings is 1. The largest absolute Gasteiger partial charge is 0.436 e. The zero-order valence-electron chi connectivity index (χ0n) is 12.9. The van der Waals surface area contributed by atoms with E-state index in [0.717, 1.165) is 17.8 Å². The lowest BCUT2D eigenvalue weighted by molar-refractivity contribution is 0.0951. The minimum atomic E-state index is -0.0863. The molecule has 0 aliphatic carbocycles. The van der Waals surface area contributed by atoms with Crippen LogP contribution in [-0.2, 0) is 6.42 Å². The molecule has 1 aromatic heterocycles. The molecule has 1 atom stereocenters. The van der Waals surface area contributed by atoms with E-state index >= 15 is 0 Å². The van der Waals surface area contributed by atoms with Gasteiger partial charge in [-0.3, -0.25) is 4.79 Å². The summed E-state index contributed by atoms with van der Waals surface area (Å²) in [7, 11) is 0. The second-order valence-electron chi connectivity index (χ2n) is 5.96. The van der Waals surface area contributed by atoms with Crippen LogP contribution in [0.3, 0.4) is 0 Å². The molecule has 1 amide bonds. The van der Waals surface area contributed by atoms with E-state index in [1.54, 1.807) is 6.92 Å². The Bertz CT molecular complexity index is 688. The van der Waals surface area contributed by atoms with Crippen molar-refractivity contribution in [2.24, 2.45) is 0 Å². The molecule has 0 spiro atoms. The van der Waals surface area contributed by atoms with Crippen LogP contribution in [0.25, 0.3) is 0 Å². The van der Waals surface area contributed by atoms with Gasteiger partial charge in [0, 0.05) is 18.7 Å². The molecule has 0 radical (unpaired) electrons. The molecule has 1 aliphatic heterocycles. The Labute approximate surface area is 124 Å². The minimum Gasteiger partial charge on any atom is -0.436 e. The van der Waals surface area contributed by atoms with Crippen LogP contribution in [0.1, 0.15) is 54.4 Å². The Balaban J connectivity index is 2.03. The highest BCUT2D eigenvalue weighted by atomic mass is 16.4. The van der Waals surface area contributed by atoms with E-state index in [9.17, 15) is 4.79 Å². The zero-order valence-corrected chi connectivity index (χ0v) is 12.9. The number of hydrogen-bond acceptors (Lipinski definition) is 3. The number of amides is 1. The Morgan fingerprint density at radius 1 is 1.38 bits per heavy atom. The summed E-state index contributed by atoms with van der Waals surface area (Å²) in [6.45, 7) is 7.89. The summed E-state index contributed by atoms with van der Waals surface area (Å²) >= 11 is 0. The predicted octanol–water partition coefficient (Wildman–Crippen LogP) is 3.70. The SMILES string of the molecule is Cc1nc(C(C)C)c(C(=O)N2c3ccccc3CC2C)o1. The average Bonchev–Trinajstić information content (AvgIpc) is 2.97. The monoisotopic (exact) mass is 284 g/mol. The molecule has 0 fully saturated rings. The predicted molar refractivity (Wildman–Crippen MR) is 81.7 cm³/mol. The second kappa shape index (κ2) is 5.02. The number of aromatic nitrogens is 1. The first kappa shape index (κ1) is 13.9. The third-order valence-electron chi connectivity index (χ3n) is 3.93. The van der Waals surface area contributed by atoms with Crippen molar-refractivity contribution in [2.75, 3.05) is 4.90 Å². The first-order valence-electron chi connectivity index (χ1n) is 7.37. The van der Waals surface area contributed by atoms with Crippen LogP contribution >= 0.6 is 0 Å². The van der Waals surface area contributed by atoms with Crippen LogP contribution in [0.15, 0.2) is 28.7 Å². The molecule has 0 N–H and O–H groups in total. The van der Waals surface area contributed by atoms with Crippen LogP contribution in [0.2, 0.25) is 0 Å². The highest BCUT2D eigenvalue weighted by Crippen LogP contribution is 2.34. The van der Waals surface area contributed by atoms with Crippen molar-refractivity contribution in [1.82, 2.24) is 4.98 Å². The third kappa shape index (κ3) is 2.24. The lowest BCUT2D eigenvalue weighted by Crippen LogP contribution is -2.36. The van der Waals surface area contributed by atoms with Gasteiger partial charge in [-0.15, -0.1) is 0 Å². The summed E-state index contributed by atoms with van der Waals surface area (Å²) in [5.74, 6) is 1.000. The van der Waals surface area contributed by atoms with Crippen molar-refractivity contribution >= 4 is 11.6 Å². The van der Waals surface area contributed by atoms with Crippen molar-refractivity contribution in [3.63, 3.8) is 0 Å². The molecule has 0 saturated heterocycles. The van der Waals surface area contributed by atoms with Gasteiger partial charge >= 0.3 is 0 Å². The van der Waals surface area contributed by atoms with E-state index in [0.29, 0.717) is 11.7 Å². The van der Waals surface area contributed by atoms with Gasteiger partial charge in [0.15, 0.2) is 5.89 Å². The molecular weight excluding hydrogens is 264 g/mol. The third-order valence-corrected chi connectivity index (χ3v) is 3.93. The lowest BCUT2D eigenvalue weighted by Gasteiger charge is -2.22. The van der Waals surface area contributed by atoms with Crippen molar-refractivity contribution in [3.8, 4) is 0 Å². The minimum absolute atomic E-state index is 0.0863. The maximum atomic E-state index is 13.0. The highest BCUT2D eigenvalue weighted by Gasteiger charge is 2.34. The van der Waals surface area contributed by atoms with E-state index in [2.05, 4.69) is 18.0 Å². The molecule has 2 heterocycles. The summed E-state index contributed by atoms with van der Waals surface area (Å²) in [6, 6.07) is 8.19. The standard InChI is InChI=1S/C17H20N2O2/c1-10(2)15-16(21-12(4)18-15)17(20)19-11(3)9-13-7-5-6-8-14(13)19/h5-8,10-11H,9H2,1-4H3. The number of rotatable bonds is 2. The maximum Gasteiger partial charge on any atom is 0.296 e. The van der Waals surface area contributed by atoms with Crippen LogP contribution in [-0.4, -0.2) is 16.9 Å². The van der Waals surface area contributed by atoms with Crippen molar-refractivity contribution in [3.05, 3.63) is 47.2 Å². The molecular formula is C17H20N2O2. The fraction of sp³-hybridized carbons (Fsp3) is 0.412. The Kier molecular flexibility index (Phi) is 3.32. The second-order valence-corrected chi connectivity index (χ2v) is 5.96. The molecule has 3 rings (SSSR count). The molecule has 4 heteroatoms. The molecule has 21 heavy (non-hydrogen) atoms. The van der Waals surface area contributed by atoms with E-state index in [-0.39, 0.29) is 17.9 Å². The van der Waals surface area contributed by atoms with Gasteiger partial charge in [-0.05, 0) is 30.9 Å². The van der Waals surface area contributed by atoms with Crippen LogP contribution in [0.4, 0.5) is 5.69 Å². The van der Waals surface area contributed by atoms with Gasteiger partial charge < -0.3 is 9.32 Å². The van der Waals surface area contributed by atoms with Crippen LogP contribution in [0.5, 0.6) is 0 Å². The number of anilines is 1. The maximum absolute atomic E-state index is 13.0. The molecule has 0 saturated carbocycles. The number of benzene rings is 1. The molecule has 110 valence electrons. The topological polar surface area (TPSA) is 46.3 Å². The normalized spacial score (nSPS) is 17.4. The van der Waals surface area contributed by atoms with E-state index in [4.69, 9.17) is 4.42 Å². The van der Waals surface area contributed by atoms with E-state index in [1.807, 2.05) is 36.9 Å². The number of carbonyl (C=O) groups is 1.